The van der Waals surface area contributed by atoms with Crippen molar-refractivity contribution in [1.82, 2.24) is 9.21 Å². The first-order valence-electron chi connectivity index (χ1n) is 8.68. The third-order valence-corrected chi connectivity index (χ3v) is 6.40. The zero-order chi connectivity index (χ0) is 21.0. The van der Waals surface area contributed by atoms with Gasteiger partial charge in [-0.3, -0.25) is 4.79 Å². The van der Waals surface area contributed by atoms with Crippen LogP contribution in [0.15, 0.2) is 47.4 Å². The molecule has 1 aliphatic heterocycles. The highest BCUT2D eigenvalue weighted by molar-refractivity contribution is 7.89. The minimum Gasteiger partial charge on any atom is -0.484 e. The number of rotatable bonds is 5. The summed E-state index contributed by atoms with van der Waals surface area (Å²) in [5.41, 5.74) is 0.465. The third-order valence-electron chi connectivity index (χ3n) is 4.45. The Bertz CT molecular complexity index is 1020. The second kappa shape index (κ2) is 8.55. The molecule has 0 atom stereocenters. The minimum atomic E-state index is -4.35. The van der Waals surface area contributed by atoms with Crippen LogP contribution in [-0.2, 0) is 14.8 Å². The summed E-state index contributed by atoms with van der Waals surface area (Å²) in [7, 11) is -4.35. The second-order valence-electron chi connectivity index (χ2n) is 6.26. The van der Waals surface area contributed by atoms with Crippen LogP contribution in [-0.4, -0.2) is 56.3 Å². The van der Waals surface area contributed by atoms with Gasteiger partial charge in [-0.15, -0.1) is 0 Å². The number of nitrogens with zero attached hydrogens (tertiary/aromatic N) is 3. The van der Waals surface area contributed by atoms with Crippen LogP contribution in [0.25, 0.3) is 0 Å². The number of hydrogen-bond acceptors (Lipinski definition) is 5. The number of carbonyl (C=O) groups excluding carboxylic acids is 1. The van der Waals surface area contributed by atoms with E-state index >= 15 is 0 Å². The zero-order valence-corrected chi connectivity index (χ0v) is 16.0. The van der Waals surface area contributed by atoms with Gasteiger partial charge in [0.25, 0.3) is 5.91 Å². The van der Waals surface area contributed by atoms with Crippen LogP contribution in [0.2, 0.25) is 0 Å². The highest BCUT2D eigenvalue weighted by Gasteiger charge is 2.34. The molecule has 0 spiro atoms. The van der Waals surface area contributed by atoms with E-state index in [1.54, 1.807) is 24.3 Å². The smallest absolute Gasteiger partial charge is 0.260 e. The molecule has 1 saturated heterocycles. The minimum absolute atomic E-state index is 0.0743. The summed E-state index contributed by atoms with van der Waals surface area (Å²) in [6.07, 6.45) is 0. The van der Waals surface area contributed by atoms with Crippen LogP contribution in [0.5, 0.6) is 5.75 Å². The molecule has 152 valence electrons. The molecule has 3 rings (SSSR count). The third kappa shape index (κ3) is 4.52. The van der Waals surface area contributed by atoms with E-state index in [9.17, 15) is 22.0 Å². The Balaban J connectivity index is 1.58. The molecule has 0 aliphatic carbocycles. The lowest BCUT2D eigenvalue weighted by Gasteiger charge is -2.34. The average Bonchev–Trinajstić information content (AvgIpc) is 2.72. The van der Waals surface area contributed by atoms with Crippen molar-refractivity contribution in [3.05, 3.63) is 59.7 Å². The largest absolute Gasteiger partial charge is 0.484 e. The van der Waals surface area contributed by atoms with Crippen molar-refractivity contribution in [2.45, 2.75) is 4.90 Å². The van der Waals surface area contributed by atoms with Crippen molar-refractivity contribution in [3.8, 4) is 11.8 Å². The summed E-state index contributed by atoms with van der Waals surface area (Å²) in [4.78, 5) is 12.7. The summed E-state index contributed by atoms with van der Waals surface area (Å²) in [5.74, 6) is -2.23. The molecule has 0 radical (unpaired) electrons. The van der Waals surface area contributed by atoms with Crippen LogP contribution in [0, 0.1) is 23.0 Å². The SMILES string of the molecule is N#Cc1ccc(OCC(=O)N2CCN(S(=O)(=O)c3c(F)cccc3F)CC2)cc1. The number of hydrogen-bond donors (Lipinski definition) is 0. The Morgan fingerprint density at radius 3 is 2.17 bits per heavy atom. The Morgan fingerprint density at radius 2 is 1.62 bits per heavy atom. The number of carbonyl (C=O) groups is 1. The second-order valence-corrected chi connectivity index (χ2v) is 8.14. The summed E-state index contributed by atoms with van der Waals surface area (Å²) < 4.78 is 59.2. The van der Waals surface area contributed by atoms with E-state index in [-0.39, 0.29) is 38.7 Å². The molecule has 0 N–H and O–H groups in total. The number of ether oxygens (including phenoxy) is 1. The van der Waals surface area contributed by atoms with Gasteiger partial charge >= 0.3 is 0 Å². The lowest BCUT2D eigenvalue weighted by molar-refractivity contribution is -0.134. The fourth-order valence-electron chi connectivity index (χ4n) is 2.90. The lowest BCUT2D eigenvalue weighted by Crippen LogP contribution is -2.51. The highest BCUT2D eigenvalue weighted by Crippen LogP contribution is 2.23. The number of halogens is 2. The zero-order valence-electron chi connectivity index (χ0n) is 15.2. The molecule has 1 amide bonds. The molecule has 10 heteroatoms. The number of nitriles is 1. The number of amides is 1. The molecule has 0 aromatic heterocycles. The normalized spacial score (nSPS) is 15.0. The molecule has 0 saturated carbocycles. The van der Waals surface area contributed by atoms with Crippen LogP contribution in [0.3, 0.4) is 0 Å². The van der Waals surface area contributed by atoms with Gasteiger partial charge in [-0.2, -0.15) is 9.57 Å². The van der Waals surface area contributed by atoms with Gasteiger partial charge in [-0.25, -0.2) is 17.2 Å². The lowest BCUT2D eigenvalue weighted by atomic mass is 10.2. The van der Waals surface area contributed by atoms with E-state index in [0.29, 0.717) is 11.3 Å². The van der Waals surface area contributed by atoms with E-state index in [0.717, 1.165) is 22.5 Å². The van der Waals surface area contributed by atoms with E-state index in [4.69, 9.17) is 10.00 Å². The van der Waals surface area contributed by atoms with Gasteiger partial charge in [0.05, 0.1) is 11.6 Å². The highest BCUT2D eigenvalue weighted by atomic mass is 32.2. The van der Waals surface area contributed by atoms with E-state index in [2.05, 4.69) is 0 Å². The first-order chi connectivity index (χ1) is 13.8. The van der Waals surface area contributed by atoms with E-state index in [1.165, 1.54) is 4.90 Å². The summed E-state index contributed by atoms with van der Waals surface area (Å²) in [6, 6.07) is 11.1. The Kier molecular flexibility index (Phi) is 6.10. The Morgan fingerprint density at radius 1 is 1.03 bits per heavy atom. The molecule has 29 heavy (non-hydrogen) atoms. The van der Waals surface area contributed by atoms with Gasteiger partial charge in [-0.05, 0) is 36.4 Å². The first-order valence-corrected chi connectivity index (χ1v) is 10.1. The molecule has 1 aliphatic rings. The van der Waals surface area contributed by atoms with E-state index in [1.807, 2.05) is 6.07 Å². The molecule has 2 aromatic rings. The monoisotopic (exact) mass is 421 g/mol. The summed E-state index contributed by atoms with van der Waals surface area (Å²) >= 11 is 0. The standard InChI is InChI=1S/C19H17F2N3O4S/c20-16-2-1-3-17(21)19(16)29(26,27)24-10-8-23(9-11-24)18(25)13-28-15-6-4-14(12-22)5-7-15/h1-7H,8-11,13H2. The molecule has 0 bridgehead atoms. The quantitative estimate of drug-likeness (QED) is 0.734. The van der Waals surface area contributed by atoms with Gasteiger partial charge in [-0.1, -0.05) is 6.07 Å². The number of sulfonamides is 1. The molecular formula is C19H17F2N3O4S. The fourth-order valence-corrected chi connectivity index (χ4v) is 4.43. The van der Waals surface area contributed by atoms with E-state index < -0.39 is 26.6 Å². The molecular weight excluding hydrogens is 404 g/mol. The van der Waals surface area contributed by atoms with Crippen molar-refractivity contribution in [2.24, 2.45) is 0 Å². The molecule has 7 nitrogen and oxygen atoms in total. The topological polar surface area (TPSA) is 90.7 Å². The first kappa shape index (κ1) is 20.7. The predicted octanol–water partition coefficient (Wildman–Crippen LogP) is 1.75. The number of piperazine rings is 1. The van der Waals surface area contributed by atoms with Crippen LogP contribution in [0.1, 0.15) is 5.56 Å². The molecule has 0 unspecified atom stereocenters. The summed E-state index contributed by atoms with van der Waals surface area (Å²) in [6.45, 7) is -0.270. The van der Waals surface area contributed by atoms with Crippen molar-refractivity contribution >= 4 is 15.9 Å². The maximum absolute atomic E-state index is 13.9. The molecule has 1 fully saturated rings. The predicted molar refractivity (Wildman–Crippen MR) is 98.3 cm³/mol. The molecule has 2 aromatic carbocycles. The van der Waals surface area contributed by atoms with Crippen LogP contribution < -0.4 is 4.74 Å². The Labute approximate surface area is 166 Å². The van der Waals surface area contributed by atoms with Crippen LogP contribution in [0.4, 0.5) is 8.78 Å². The Hall–Kier alpha value is -3.03. The van der Waals surface area contributed by atoms with Crippen molar-refractivity contribution in [3.63, 3.8) is 0 Å². The van der Waals surface area contributed by atoms with Crippen LogP contribution >= 0.6 is 0 Å². The van der Waals surface area contributed by atoms with Gasteiger partial charge in [0, 0.05) is 26.2 Å². The van der Waals surface area contributed by atoms with Gasteiger partial charge in [0.1, 0.15) is 17.4 Å². The fraction of sp³-hybridized carbons (Fsp3) is 0.263. The van der Waals surface area contributed by atoms with Gasteiger partial charge < -0.3 is 9.64 Å². The summed E-state index contributed by atoms with van der Waals surface area (Å²) in [5, 5.41) is 8.76. The maximum atomic E-state index is 13.9. The van der Waals surface area contributed by atoms with Crippen molar-refractivity contribution in [2.75, 3.05) is 32.8 Å². The van der Waals surface area contributed by atoms with Crippen molar-refractivity contribution in [1.29, 1.82) is 5.26 Å². The maximum Gasteiger partial charge on any atom is 0.260 e. The number of benzene rings is 2. The van der Waals surface area contributed by atoms with Gasteiger partial charge in [0.2, 0.25) is 10.0 Å². The van der Waals surface area contributed by atoms with Gasteiger partial charge in [0.15, 0.2) is 11.5 Å². The average molecular weight is 421 g/mol. The molecule has 1 heterocycles. The van der Waals surface area contributed by atoms with Crippen molar-refractivity contribution < 1.29 is 26.7 Å².